The van der Waals surface area contributed by atoms with Gasteiger partial charge in [0.2, 0.25) is 0 Å². The topological polar surface area (TPSA) is 58.0 Å². The normalized spacial score (nSPS) is 12.5. The summed E-state index contributed by atoms with van der Waals surface area (Å²) in [6, 6.07) is 5.86. The van der Waals surface area contributed by atoms with E-state index in [0.29, 0.717) is 0 Å². The van der Waals surface area contributed by atoms with E-state index in [9.17, 15) is 5.11 Å². The number of aliphatic hydroxyl groups is 1. The van der Waals surface area contributed by atoms with Gasteiger partial charge in [-0.05, 0) is 24.5 Å². The average molecular weight is 263 g/mol. The molecule has 4 nitrogen and oxygen atoms in total. The zero-order valence-electron chi connectivity index (χ0n) is 10.1. The van der Waals surface area contributed by atoms with Crippen molar-refractivity contribution < 1.29 is 5.11 Å². The van der Waals surface area contributed by atoms with Gasteiger partial charge in [0, 0.05) is 37.0 Å². The van der Waals surface area contributed by atoms with E-state index in [0.717, 1.165) is 30.9 Å². The Morgan fingerprint density at radius 3 is 2.89 bits per heavy atom. The summed E-state index contributed by atoms with van der Waals surface area (Å²) in [5.74, 6) is 0.193. The molecular formula is C13H17N3OS. The molecular weight excluding hydrogens is 246 g/mol. The zero-order chi connectivity index (χ0) is 12.6. The smallest absolute Gasteiger partial charge is 0.0795 e. The van der Waals surface area contributed by atoms with Gasteiger partial charge in [-0.3, -0.25) is 4.98 Å². The first-order valence-corrected chi connectivity index (χ1v) is 6.91. The number of nitrogens with one attached hydrogen (secondary N) is 1. The Morgan fingerprint density at radius 2 is 2.22 bits per heavy atom. The van der Waals surface area contributed by atoms with Crippen molar-refractivity contribution in [3.63, 3.8) is 0 Å². The maximum absolute atomic E-state index is 9.36. The molecule has 2 aromatic heterocycles. The van der Waals surface area contributed by atoms with Crippen molar-refractivity contribution >= 4 is 11.3 Å². The van der Waals surface area contributed by atoms with Crippen molar-refractivity contribution in [2.24, 2.45) is 5.92 Å². The van der Waals surface area contributed by atoms with E-state index in [1.807, 2.05) is 29.1 Å². The summed E-state index contributed by atoms with van der Waals surface area (Å²) in [6.45, 7) is 1.69. The first kappa shape index (κ1) is 13.1. The maximum atomic E-state index is 9.36. The van der Waals surface area contributed by atoms with Gasteiger partial charge < -0.3 is 10.4 Å². The summed E-state index contributed by atoms with van der Waals surface area (Å²) < 4.78 is 0. The molecule has 1 unspecified atom stereocenters. The van der Waals surface area contributed by atoms with Crippen LogP contribution in [0.1, 0.15) is 11.4 Å². The van der Waals surface area contributed by atoms with Crippen molar-refractivity contribution in [1.82, 2.24) is 15.3 Å². The predicted octanol–water partition coefficient (Wildman–Crippen LogP) is 1.48. The number of nitrogens with zero attached hydrogens (tertiary/aromatic N) is 2. The van der Waals surface area contributed by atoms with Gasteiger partial charge in [-0.1, -0.05) is 6.07 Å². The van der Waals surface area contributed by atoms with Crippen molar-refractivity contribution in [2.75, 3.05) is 13.2 Å². The van der Waals surface area contributed by atoms with E-state index in [1.165, 1.54) is 0 Å². The quantitative estimate of drug-likeness (QED) is 0.794. The Morgan fingerprint density at radius 1 is 1.28 bits per heavy atom. The Hall–Kier alpha value is -1.30. The standard InChI is InChI=1S/C13H17N3OS/c17-8-11(5-12-3-1-2-4-15-12)6-14-7-13-9-18-10-16-13/h1-4,9-11,14,17H,5-8H2. The molecule has 2 N–H and O–H groups in total. The molecule has 5 heteroatoms. The second-order valence-corrected chi connectivity index (χ2v) is 4.90. The third kappa shape index (κ3) is 4.18. The van der Waals surface area contributed by atoms with Crippen LogP contribution in [0.2, 0.25) is 0 Å². The van der Waals surface area contributed by atoms with Gasteiger partial charge in [-0.15, -0.1) is 11.3 Å². The van der Waals surface area contributed by atoms with Crippen molar-refractivity contribution in [3.8, 4) is 0 Å². The minimum absolute atomic E-state index is 0.167. The van der Waals surface area contributed by atoms with Crippen LogP contribution >= 0.6 is 11.3 Å². The summed E-state index contributed by atoms with van der Waals surface area (Å²) in [7, 11) is 0. The number of thiazole rings is 1. The van der Waals surface area contributed by atoms with Gasteiger partial charge in [0.25, 0.3) is 0 Å². The lowest BCUT2D eigenvalue weighted by Crippen LogP contribution is -2.26. The first-order chi connectivity index (χ1) is 8.88. The second kappa shape index (κ2) is 7.20. The van der Waals surface area contributed by atoms with E-state index in [-0.39, 0.29) is 12.5 Å². The third-order valence-corrected chi connectivity index (χ3v) is 3.34. The number of rotatable bonds is 7. The second-order valence-electron chi connectivity index (χ2n) is 4.18. The number of aromatic nitrogens is 2. The maximum Gasteiger partial charge on any atom is 0.0795 e. The van der Waals surface area contributed by atoms with Gasteiger partial charge in [0.1, 0.15) is 0 Å². The van der Waals surface area contributed by atoms with Crippen LogP contribution in [0.15, 0.2) is 35.3 Å². The molecule has 1 atom stereocenters. The molecule has 18 heavy (non-hydrogen) atoms. The predicted molar refractivity (Wildman–Crippen MR) is 72.3 cm³/mol. The SMILES string of the molecule is OCC(CNCc1cscn1)Cc1ccccn1. The zero-order valence-corrected chi connectivity index (χ0v) is 10.9. The summed E-state index contributed by atoms with van der Waals surface area (Å²) in [4.78, 5) is 8.48. The van der Waals surface area contributed by atoms with Gasteiger partial charge in [-0.25, -0.2) is 4.98 Å². The molecule has 2 rings (SSSR count). The number of hydrogen-bond acceptors (Lipinski definition) is 5. The Labute approximate surface area is 111 Å². The highest BCUT2D eigenvalue weighted by Gasteiger charge is 2.09. The Balaban J connectivity index is 1.75. The molecule has 0 saturated heterocycles. The van der Waals surface area contributed by atoms with E-state index in [2.05, 4.69) is 15.3 Å². The lowest BCUT2D eigenvalue weighted by atomic mass is 10.0. The number of aliphatic hydroxyl groups excluding tert-OH is 1. The van der Waals surface area contributed by atoms with Crippen LogP contribution in [0.5, 0.6) is 0 Å². The highest BCUT2D eigenvalue weighted by atomic mass is 32.1. The van der Waals surface area contributed by atoms with E-state index >= 15 is 0 Å². The van der Waals surface area contributed by atoms with Crippen LogP contribution < -0.4 is 5.32 Å². The average Bonchev–Trinajstić information content (AvgIpc) is 2.92. The molecule has 0 aromatic carbocycles. The summed E-state index contributed by atoms with van der Waals surface area (Å²) in [5, 5.41) is 14.7. The van der Waals surface area contributed by atoms with Crippen LogP contribution in [0, 0.1) is 5.92 Å². The monoisotopic (exact) mass is 263 g/mol. The van der Waals surface area contributed by atoms with Crippen molar-refractivity contribution in [2.45, 2.75) is 13.0 Å². The van der Waals surface area contributed by atoms with Crippen LogP contribution in [-0.2, 0) is 13.0 Å². The number of hydrogen-bond donors (Lipinski definition) is 2. The molecule has 0 aliphatic carbocycles. The molecule has 0 bridgehead atoms. The van der Waals surface area contributed by atoms with Gasteiger partial charge in [-0.2, -0.15) is 0 Å². The van der Waals surface area contributed by atoms with Crippen molar-refractivity contribution in [1.29, 1.82) is 0 Å². The third-order valence-electron chi connectivity index (χ3n) is 2.70. The van der Waals surface area contributed by atoms with Crippen LogP contribution in [0.4, 0.5) is 0 Å². The minimum Gasteiger partial charge on any atom is -0.396 e. The van der Waals surface area contributed by atoms with Gasteiger partial charge in [0.05, 0.1) is 11.2 Å². The minimum atomic E-state index is 0.167. The molecule has 96 valence electrons. The first-order valence-electron chi connectivity index (χ1n) is 5.97. The van der Waals surface area contributed by atoms with E-state index in [4.69, 9.17) is 0 Å². The van der Waals surface area contributed by atoms with Crippen LogP contribution in [-0.4, -0.2) is 28.2 Å². The molecule has 0 spiro atoms. The Bertz CT molecular complexity index is 433. The summed E-state index contributed by atoms with van der Waals surface area (Å²) >= 11 is 1.60. The fourth-order valence-electron chi connectivity index (χ4n) is 1.75. The lowest BCUT2D eigenvalue weighted by Gasteiger charge is -2.14. The molecule has 0 saturated carbocycles. The highest BCUT2D eigenvalue weighted by Crippen LogP contribution is 2.06. The summed E-state index contributed by atoms with van der Waals surface area (Å²) in [6.07, 6.45) is 2.58. The molecule has 0 aliphatic heterocycles. The fourth-order valence-corrected chi connectivity index (χ4v) is 2.30. The molecule has 2 heterocycles. The van der Waals surface area contributed by atoms with Crippen molar-refractivity contribution in [3.05, 3.63) is 46.7 Å². The Kier molecular flexibility index (Phi) is 5.26. The molecule has 0 radical (unpaired) electrons. The molecule has 0 aliphatic rings. The van der Waals surface area contributed by atoms with E-state index < -0.39 is 0 Å². The highest BCUT2D eigenvalue weighted by molar-refractivity contribution is 7.07. The molecule has 0 amide bonds. The fraction of sp³-hybridized carbons (Fsp3) is 0.385. The van der Waals surface area contributed by atoms with Gasteiger partial charge >= 0.3 is 0 Å². The number of pyridine rings is 1. The van der Waals surface area contributed by atoms with E-state index in [1.54, 1.807) is 17.5 Å². The van der Waals surface area contributed by atoms with Crippen LogP contribution in [0.3, 0.4) is 0 Å². The van der Waals surface area contributed by atoms with Crippen LogP contribution in [0.25, 0.3) is 0 Å². The molecule has 2 aromatic rings. The molecule has 0 fully saturated rings. The summed E-state index contributed by atoms with van der Waals surface area (Å²) in [5.41, 5.74) is 3.90. The largest absolute Gasteiger partial charge is 0.396 e. The lowest BCUT2D eigenvalue weighted by molar-refractivity contribution is 0.220. The van der Waals surface area contributed by atoms with Gasteiger partial charge in [0.15, 0.2) is 0 Å².